The standard InChI is InChI=1S/C14H14F2N2O3/c1-2-20-13(19)12-8-21-14(18-12)17-4-3-9-5-10(15)7-11(16)6-9/h5-8H,2-4H2,1H3,(H,17,18). The summed E-state index contributed by atoms with van der Waals surface area (Å²) in [6, 6.07) is 3.47. The Hall–Kier alpha value is -2.44. The fourth-order valence-electron chi connectivity index (χ4n) is 1.72. The third kappa shape index (κ3) is 4.27. The fourth-order valence-corrected chi connectivity index (χ4v) is 1.72. The molecule has 5 nitrogen and oxygen atoms in total. The Kier molecular flexibility index (Phi) is 4.86. The molecule has 112 valence electrons. The molecule has 2 rings (SSSR count). The maximum atomic E-state index is 13.0. The predicted molar refractivity (Wildman–Crippen MR) is 71.0 cm³/mol. The summed E-state index contributed by atoms with van der Waals surface area (Å²) >= 11 is 0. The number of ether oxygens (including phenoxy) is 1. The van der Waals surface area contributed by atoms with Gasteiger partial charge in [-0.1, -0.05) is 0 Å². The molecule has 0 aliphatic carbocycles. The van der Waals surface area contributed by atoms with E-state index in [9.17, 15) is 13.6 Å². The van der Waals surface area contributed by atoms with E-state index in [0.29, 0.717) is 18.5 Å². The number of carbonyl (C=O) groups is 1. The number of carbonyl (C=O) groups excluding carboxylic acids is 1. The monoisotopic (exact) mass is 296 g/mol. The van der Waals surface area contributed by atoms with Crippen LogP contribution in [0.2, 0.25) is 0 Å². The number of nitrogens with one attached hydrogen (secondary N) is 1. The number of benzene rings is 1. The van der Waals surface area contributed by atoms with Crippen LogP contribution in [0.1, 0.15) is 23.0 Å². The van der Waals surface area contributed by atoms with Crippen molar-refractivity contribution in [2.24, 2.45) is 0 Å². The predicted octanol–water partition coefficient (Wildman–Crippen LogP) is 2.78. The Balaban J connectivity index is 1.87. The van der Waals surface area contributed by atoms with Gasteiger partial charge in [-0.2, -0.15) is 4.98 Å². The molecule has 0 saturated carbocycles. The quantitative estimate of drug-likeness (QED) is 0.830. The van der Waals surface area contributed by atoms with Crippen molar-refractivity contribution in [1.82, 2.24) is 4.98 Å². The normalized spacial score (nSPS) is 10.4. The van der Waals surface area contributed by atoms with Crippen LogP contribution < -0.4 is 5.32 Å². The molecule has 0 bridgehead atoms. The molecule has 1 aromatic carbocycles. The van der Waals surface area contributed by atoms with Gasteiger partial charge in [0.1, 0.15) is 17.9 Å². The zero-order valence-electron chi connectivity index (χ0n) is 11.4. The number of oxazole rings is 1. The fraction of sp³-hybridized carbons (Fsp3) is 0.286. The van der Waals surface area contributed by atoms with Crippen LogP contribution in [0.5, 0.6) is 0 Å². The average Bonchev–Trinajstić information content (AvgIpc) is 2.87. The van der Waals surface area contributed by atoms with Gasteiger partial charge < -0.3 is 14.5 Å². The number of aromatic nitrogens is 1. The minimum Gasteiger partial charge on any atom is -0.461 e. The van der Waals surface area contributed by atoms with Gasteiger partial charge in [-0.3, -0.25) is 0 Å². The van der Waals surface area contributed by atoms with Gasteiger partial charge in [-0.25, -0.2) is 13.6 Å². The van der Waals surface area contributed by atoms with Crippen LogP contribution in [-0.4, -0.2) is 24.1 Å². The second kappa shape index (κ2) is 6.83. The topological polar surface area (TPSA) is 64.4 Å². The summed E-state index contributed by atoms with van der Waals surface area (Å²) in [7, 11) is 0. The second-order valence-electron chi connectivity index (χ2n) is 4.21. The van der Waals surface area contributed by atoms with Gasteiger partial charge in [-0.15, -0.1) is 0 Å². The molecule has 7 heteroatoms. The molecule has 0 unspecified atom stereocenters. The van der Waals surface area contributed by atoms with Crippen LogP contribution in [0.4, 0.5) is 14.8 Å². The van der Waals surface area contributed by atoms with Gasteiger partial charge >= 0.3 is 5.97 Å². The van der Waals surface area contributed by atoms with E-state index in [1.165, 1.54) is 18.4 Å². The molecule has 0 radical (unpaired) electrons. The molecule has 1 aromatic heterocycles. The molecule has 0 atom stereocenters. The van der Waals surface area contributed by atoms with E-state index >= 15 is 0 Å². The molecule has 1 heterocycles. The molecule has 0 aliphatic heterocycles. The lowest BCUT2D eigenvalue weighted by atomic mass is 10.1. The van der Waals surface area contributed by atoms with Crippen molar-refractivity contribution in [3.63, 3.8) is 0 Å². The molecule has 1 N–H and O–H groups in total. The summed E-state index contributed by atoms with van der Waals surface area (Å²) < 4.78 is 35.8. The zero-order valence-corrected chi connectivity index (χ0v) is 11.4. The summed E-state index contributed by atoms with van der Waals surface area (Å²) in [6.07, 6.45) is 1.56. The molecular weight excluding hydrogens is 282 g/mol. The third-order valence-electron chi connectivity index (χ3n) is 2.60. The van der Waals surface area contributed by atoms with Crippen molar-refractivity contribution in [1.29, 1.82) is 0 Å². The lowest BCUT2D eigenvalue weighted by Crippen LogP contribution is -2.07. The number of anilines is 1. The van der Waals surface area contributed by atoms with E-state index in [1.807, 2.05) is 0 Å². The van der Waals surface area contributed by atoms with Crippen LogP contribution in [0.3, 0.4) is 0 Å². The molecule has 2 aromatic rings. The van der Waals surface area contributed by atoms with E-state index < -0.39 is 17.6 Å². The van der Waals surface area contributed by atoms with Crippen molar-refractivity contribution in [2.45, 2.75) is 13.3 Å². The molecule has 0 fully saturated rings. The molecular formula is C14H14F2N2O3. The zero-order chi connectivity index (χ0) is 15.2. The largest absolute Gasteiger partial charge is 0.461 e. The minimum atomic E-state index is -0.620. The van der Waals surface area contributed by atoms with Crippen molar-refractivity contribution >= 4 is 12.0 Å². The van der Waals surface area contributed by atoms with Gasteiger partial charge in [-0.05, 0) is 31.0 Å². The van der Waals surface area contributed by atoms with Crippen molar-refractivity contribution in [2.75, 3.05) is 18.5 Å². The maximum Gasteiger partial charge on any atom is 0.360 e. The van der Waals surface area contributed by atoms with Crippen LogP contribution in [-0.2, 0) is 11.2 Å². The summed E-state index contributed by atoms with van der Waals surface area (Å²) in [6.45, 7) is 2.29. The van der Waals surface area contributed by atoms with E-state index in [-0.39, 0.29) is 18.3 Å². The van der Waals surface area contributed by atoms with Crippen LogP contribution in [0.25, 0.3) is 0 Å². The lowest BCUT2D eigenvalue weighted by molar-refractivity contribution is 0.0519. The van der Waals surface area contributed by atoms with Crippen molar-refractivity contribution in [3.05, 3.63) is 47.4 Å². The third-order valence-corrected chi connectivity index (χ3v) is 2.60. The first kappa shape index (κ1) is 15.0. The number of rotatable bonds is 6. The van der Waals surface area contributed by atoms with Crippen molar-refractivity contribution < 1.29 is 22.7 Å². The molecule has 0 amide bonds. The molecule has 21 heavy (non-hydrogen) atoms. The highest BCUT2D eigenvalue weighted by Gasteiger charge is 2.12. The van der Waals surface area contributed by atoms with Gasteiger partial charge in [0.15, 0.2) is 5.69 Å². The summed E-state index contributed by atoms with van der Waals surface area (Å²) in [5.41, 5.74) is 0.577. The van der Waals surface area contributed by atoms with Gasteiger partial charge in [0.25, 0.3) is 6.01 Å². The first-order valence-electron chi connectivity index (χ1n) is 6.40. The Morgan fingerprint density at radius 2 is 2.05 bits per heavy atom. The van der Waals surface area contributed by atoms with Crippen LogP contribution >= 0.6 is 0 Å². The van der Waals surface area contributed by atoms with Crippen molar-refractivity contribution in [3.8, 4) is 0 Å². The Bertz CT molecular complexity index is 608. The summed E-state index contributed by atoms with van der Waals surface area (Å²) in [5.74, 6) is -1.81. The number of hydrogen-bond donors (Lipinski definition) is 1. The SMILES string of the molecule is CCOC(=O)c1coc(NCCc2cc(F)cc(F)c2)n1. The first-order valence-corrected chi connectivity index (χ1v) is 6.40. The molecule has 0 saturated heterocycles. The average molecular weight is 296 g/mol. The maximum absolute atomic E-state index is 13.0. The second-order valence-corrected chi connectivity index (χ2v) is 4.21. The van der Waals surface area contributed by atoms with E-state index in [2.05, 4.69) is 10.3 Å². The number of nitrogens with zero attached hydrogens (tertiary/aromatic N) is 1. The van der Waals surface area contributed by atoms with Crippen LogP contribution in [0, 0.1) is 11.6 Å². The number of halogens is 2. The smallest absolute Gasteiger partial charge is 0.360 e. The number of hydrogen-bond acceptors (Lipinski definition) is 5. The Labute approximate surface area is 119 Å². The highest BCUT2D eigenvalue weighted by atomic mass is 19.1. The molecule has 0 spiro atoms. The Morgan fingerprint density at radius 3 is 2.71 bits per heavy atom. The summed E-state index contributed by atoms with van der Waals surface area (Å²) in [4.78, 5) is 15.3. The van der Waals surface area contributed by atoms with E-state index in [0.717, 1.165) is 6.07 Å². The van der Waals surface area contributed by atoms with Crippen LogP contribution in [0.15, 0.2) is 28.9 Å². The Morgan fingerprint density at radius 1 is 1.33 bits per heavy atom. The first-order chi connectivity index (χ1) is 10.1. The van der Waals surface area contributed by atoms with Gasteiger partial charge in [0.2, 0.25) is 0 Å². The lowest BCUT2D eigenvalue weighted by Gasteiger charge is -2.03. The highest BCUT2D eigenvalue weighted by molar-refractivity contribution is 5.87. The van der Waals surface area contributed by atoms with Gasteiger partial charge in [0, 0.05) is 12.6 Å². The molecule has 0 aliphatic rings. The van der Waals surface area contributed by atoms with E-state index in [1.54, 1.807) is 6.92 Å². The number of esters is 1. The highest BCUT2D eigenvalue weighted by Crippen LogP contribution is 2.11. The van der Waals surface area contributed by atoms with E-state index in [4.69, 9.17) is 9.15 Å². The summed E-state index contributed by atoms with van der Waals surface area (Å²) in [5, 5.41) is 2.82. The van der Waals surface area contributed by atoms with Gasteiger partial charge in [0.05, 0.1) is 6.61 Å². The minimum absolute atomic E-state index is 0.0659.